The van der Waals surface area contributed by atoms with Crippen molar-refractivity contribution in [3.05, 3.63) is 36.5 Å². The van der Waals surface area contributed by atoms with Crippen molar-refractivity contribution in [3.8, 4) is 11.3 Å². The third-order valence-electron chi connectivity index (χ3n) is 3.52. The molecule has 0 atom stereocenters. The number of hydrogen-bond acceptors (Lipinski definition) is 3. The lowest BCUT2D eigenvalue weighted by atomic mass is 10.2. The molecule has 0 fully saturated rings. The average Bonchev–Trinajstić information content (AvgIpc) is 2.88. The van der Waals surface area contributed by atoms with Gasteiger partial charge in [-0.05, 0) is 27.7 Å². The molecule has 0 spiro atoms. The maximum absolute atomic E-state index is 4.25. The van der Waals surface area contributed by atoms with Gasteiger partial charge in [0.1, 0.15) is 5.69 Å². The summed E-state index contributed by atoms with van der Waals surface area (Å²) in [5, 5.41) is 8.47. The van der Waals surface area contributed by atoms with Gasteiger partial charge in [0, 0.05) is 24.2 Å². The average molecular weight is 272 g/mol. The van der Waals surface area contributed by atoms with Gasteiger partial charge in [0.2, 0.25) is 0 Å². The van der Waals surface area contributed by atoms with Gasteiger partial charge in [0.15, 0.2) is 0 Å². The van der Waals surface area contributed by atoms with Crippen molar-refractivity contribution in [2.75, 3.05) is 6.54 Å². The van der Waals surface area contributed by atoms with E-state index in [1.165, 1.54) is 0 Å². The first-order valence-electron chi connectivity index (χ1n) is 7.29. The molecule has 0 saturated heterocycles. The second-order valence-electron chi connectivity index (χ2n) is 5.66. The fourth-order valence-corrected chi connectivity index (χ4v) is 2.48. The first-order chi connectivity index (χ1) is 9.58. The van der Waals surface area contributed by atoms with Gasteiger partial charge in [0.05, 0.1) is 12.7 Å². The molecular formula is C16H24N4. The molecule has 0 radical (unpaired) electrons. The van der Waals surface area contributed by atoms with Crippen molar-refractivity contribution in [1.82, 2.24) is 19.9 Å². The van der Waals surface area contributed by atoms with Crippen molar-refractivity contribution in [1.29, 1.82) is 0 Å². The van der Waals surface area contributed by atoms with Crippen LogP contribution < -0.4 is 0 Å². The number of aromatic nitrogens is 3. The highest BCUT2D eigenvalue weighted by Crippen LogP contribution is 2.15. The van der Waals surface area contributed by atoms with Crippen molar-refractivity contribution < 1.29 is 0 Å². The van der Waals surface area contributed by atoms with Gasteiger partial charge < -0.3 is 0 Å². The van der Waals surface area contributed by atoms with Crippen molar-refractivity contribution in [3.63, 3.8) is 0 Å². The summed E-state index contributed by atoms with van der Waals surface area (Å²) in [7, 11) is 0. The van der Waals surface area contributed by atoms with E-state index in [9.17, 15) is 0 Å². The van der Waals surface area contributed by atoms with Gasteiger partial charge in [-0.25, -0.2) is 0 Å². The van der Waals surface area contributed by atoms with E-state index >= 15 is 0 Å². The summed E-state index contributed by atoms with van der Waals surface area (Å²) >= 11 is 0. The summed E-state index contributed by atoms with van der Waals surface area (Å²) in [5.74, 6) is 0. The van der Waals surface area contributed by atoms with Crippen molar-refractivity contribution in [2.24, 2.45) is 0 Å². The predicted octanol–water partition coefficient (Wildman–Crippen LogP) is 3.06. The first kappa shape index (κ1) is 14.7. The molecule has 0 aliphatic heterocycles. The quantitative estimate of drug-likeness (QED) is 0.810. The summed E-state index contributed by atoms with van der Waals surface area (Å²) in [6.45, 7) is 10.8. The molecule has 2 aromatic rings. The summed E-state index contributed by atoms with van der Waals surface area (Å²) in [6, 6.07) is 11.3. The van der Waals surface area contributed by atoms with E-state index in [-0.39, 0.29) is 0 Å². The first-order valence-corrected chi connectivity index (χ1v) is 7.29. The fourth-order valence-electron chi connectivity index (χ4n) is 2.48. The third-order valence-corrected chi connectivity index (χ3v) is 3.52. The second kappa shape index (κ2) is 6.66. The van der Waals surface area contributed by atoms with Crippen LogP contribution in [0, 0.1) is 0 Å². The van der Waals surface area contributed by atoms with E-state index in [0.717, 1.165) is 24.3 Å². The Hall–Kier alpha value is -1.68. The van der Waals surface area contributed by atoms with E-state index in [2.05, 4.69) is 55.0 Å². The Morgan fingerprint density at radius 3 is 2.30 bits per heavy atom. The normalized spacial score (nSPS) is 11.8. The summed E-state index contributed by atoms with van der Waals surface area (Å²) in [4.78, 5) is 2.46. The Balaban J connectivity index is 2.00. The molecule has 1 heterocycles. The largest absolute Gasteiger partial charge is 0.297 e. The Morgan fingerprint density at radius 2 is 1.70 bits per heavy atom. The zero-order valence-electron chi connectivity index (χ0n) is 12.8. The van der Waals surface area contributed by atoms with Crippen LogP contribution in [0.25, 0.3) is 11.3 Å². The van der Waals surface area contributed by atoms with Gasteiger partial charge >= 0.3 is 0 Å². The summed E-state index contributed by atoms with van der Waals surface area (Å²) < 4.78 is 1.93. The minimum atomic E-state index is 0.548. The van der Waals surface area contributed by atoms with Crippen molar-refractivity contribution in [2.45, 2.75) is 46.3 Å². The predicted molar refractivity (Wildman–Crippen MR) is 82.4 cm³/mol. The smallest absolute Gasteiger partial charge is 0.113 e. The molecule has 108 valence electrons. The zero-order valence-corrected chi connectivity index (χ0v) is 12.8. The lowest BCUT2D eigenvalue weighted by Crippen LogP contribution is -2.39. The van der Waals surface area contributed by atoms with E-state index < -0.39 is 0 Å². The van der Waals surface area contributed by atoms with E-state index in [1.54, 1.807) is 0 Å². The van der Waals surface area contributed by atoms with Gasteiger partial charge in [-0.2, -0.15) is 0 Å². The molecule has 2 rings (SSSR count). The molecule has 4 heteroatoms. The highest BCUT2D eigenvalue weighted by molar-refractivity contribution is 5.57. The molecule has 20 heavy (non-hydrogen) atoms. The fraction of sp³-hybridized carbons (Fsp3) is 0.500. The molecule has 0 unspecified atom stereocenters. The summed E-state index contributed by atoms with van der Waals surface area (Å²) in [5.41, 5.74) is 2.05. The molecule has 0 N–H and O–H groups in total. The van der Waals surface area contributed by atoms with Crippen LogP contribution in [0.5, 0.6) is 0 Å². The SMILES string of the molecule is CC(C)N(CCn1cc(-c2ccccc2)nn1)C(C)C. The Morgan fingerprint density at radius 1 is 1.05 bits per heavy atom. The summed E-state index contributed by atoms with van der Waals surface area (Å²) in [6.07, 6.45) is 2.02. The number of hydrogen-bond donors (Lipinski definition) is 0. The lowest BCUT2D eigenvalue weighted by Gasteiger charge is -2.30. The van der Waals surface area contributed by atoms with Crippen LogP contribution in [0.3, 0.4) is 0 Å². The van der Waals surface area contributed by atoms with E-state index in [0.29, 0.717) is 12.1 Å². The number of rotatable bonds is 6. The molecule has 1 aromatic carbocycles. The van der Waals surface area contributed by atoms with Gasteiger partial charge in [0.25, 0.3) is 0 Å². The number of nitrogens with zero attached hydrogens (tertiary/aromatic N) is 4. The zero-order chi connectivity index (χ0) is 14.5. The number of benzene rings is 1. The topological polar surface area (TPSA) is 34.0 Å². The molecular weight excluding hydrogens is 248 g/mol. The van der Waals surface area contributed by atoms with Crippen LogP contribution in [-0.2, 0) is 6.54 Å². The maximum atomic E-state index is 4.25. The maximum Gasteiger partial charge on any atom is 0.113 e. The van der Waals surface area contributed by atoms with Gasteiger partial charge in [-0.1, -0.05) is 35.5 Å². The van der Waals surface area contributed by atoms with Gasteiger partial charge in [-0.3, -0.25) is 9.58 Å². The standard InChI is InChI=1S/C16H24N4/c1-13(2)20(14(3)4)11-10-19-12-16(17-18-19)15-8-6-5-7-9-15/h5-9,12-14H,10-11H2,1-4H3. The van der Waals surface area contributed by atoms with Gasteiger partial charge in [-0.15, -0.1) is 5.10 Å². The molecule has 0 aliphatic rings. The third kappa shape index (κ3) is 3.67. The minimum Gasteiger partial charge on any atom is -0.297 e. The van der Waals surface area contributed by atoms with E-state index in [4.69, 9.17) is 0 Å². The van der Waals surface area contributed by atoms with Crippen LogP contribution in [0.2, 0.25) is 0 Å². The van der Waals surface area contributed by atoms with Crippen LogP contribution in [0.15, 0.2) is 36.5 Å². The molecule has 0 bridgehead atoms. The van der Waals surface area contributed by atoms with Crippen LogP contribution >= 0.6 is 0 Å². The van der Waals surface area contributed by atoms with E-state index in [1.807, 2.05) is 29.1 Å². The second-order valence-corrected chi connectivity index (χ2v) is 5.66. The Bertz CT molecular complexity index is 508. The van der Waals surface area contributed by atoms with Crippen molar-refractivity contribution >= 4 is 0 Å². The van der Waals surface area contributed by atoms with Crippen LogP contribution in [0.4, 0.5) is 0 Å². The molecule has 0 saturated carbocycles. The molecule has 1 aromatic heterocycles. The highest BCUT2D eigenvalue weighted by Gasteiger charge is 2.13. The van der Waals surface area contributed by atoms with Crippen LogP contribution in [0.1, 0.15) is 27.7 Å². The monoisotopic (exact) mass is 272 g/mol. The molecule has 0 aliphatic carbocycles. The molecule has 0 amide bonds. The Kier molecular flexibility index (Phi) is 4.90. The van der Waals surface area contributed by atoms with Crippen LogP contribution in [-0.4, -0.2) is 38.5 Å². The highest BCUT2D eigenvalue weighted by atomic mass is 15.4. The molecule has 4 nitrogen and oxygen atoms in total. The minimum absolute atomic E-state index is 0.548. The lowest BCUT2D eigenvalue weighted by molar-refractivity contribution is 0.165. The Labute approximate surface area is 121 Å².